The van der Waals surface area contributed by atoms with Crippen molar-refractivity contribution in [2.24, 2.45) is 0 Å². The van der Waals surface area contributed by atoms with Crippen molar-refractivity contribution in [2.75, 3.05) is 56.5 Å². The molecule has 0 spiro atoms. The van der Waals surface area contributed by atoms with Crippen LogP contribution in [0.4, 0.5) is 11.5 Å². The van der Waals surface area contributed by atoms with Gasteiger partial charge in [0.2, 0.25) is 0 Å². The molecule has 5 nitrogen and oxygen atoms in total. The van der Waals surface area contributed by atoms with Gasteiger partial charge in [0.25, 0.3) is 0 Å². The lowest BCUT2D eigenvalue weighted by atomic mass is 10.1. The number of likely N-dealkylation sites (N-methyl/N-ethyl adjacent to an activating group) is 1. The lowest BCUT2D eigenvalue weighted by molar-refractivity contribution is 0.270. The Morgan fingerprint density at radius 3 is 2.59 bits per heavy atom. The number of rotatable bonds is 7. The summed E-state index contributed by atoms with van der Waals surface area (Å²) in [5.41, 5.74) is 3.33. The van der Waals surface area contributed by atoms with E-state index in [-0.39, 0.29) is 0 Å². The van der Waals surface area contributed by atoms with Gasteiger partial charge in [0, 0.05) is 50.8 Å². The fraction of sp³-hybridized carbons (Fsp3) is 0.565. The molecule has 1 aromatic carbocycles. The number of hydrogen-bond acceptors (Lipinski definition) is 4. The minimum absolute atomic E-state index is 0.775. The van der Waals surface area contributed by atoms with Gasteiger partial charge in [-0.15, -0.1) is 0 Å². The van der Waals surface area contributed by atoms with Gasteiger partial charge >= 0.3 is 0 Å². The number of unbranched alkanes of at least 4 members (excludes halogenated alkanes) is 2. The molecule has 0 saturated carbocycles. The summed E-state index contributed by atoms with van der Waals surface area (Å²) in [4.78, 5) is 12.0. The maximum absolute atomic E-state index is 5.58. The quantitative estimate of drug-likeness (QED) is 0.532. The Morgan fingerprint density at radius 1 is 1.14 bits per heavy atom. The van der Waals surface area contributed by atoms with Crippen LogP contribution in [0.5, 0.6) is 0 Å². The topological polar surface area (TPSA) is 34.6 Å². The summed E-state index contributed by atoms with van der Waals surface area (Å²) < 4.78 is 0. The average molecular weight is 414 g/mol. The van der Waals surface area contributed by atoms with Crippen LogP contribution in [0.3, 0.4) is 0 Å². The van der Waals surface area contributed by atoms with E-state index in [1.54, 1.807) is 0 Å². The molecule has 6 heteroatoms. The van der Waals surface area contributed by atoms with Gasteiger partial charge in [0.05, 0.1) is 5.52 Å². The summed E-state index contributed by atoms with van der Waals surface area (Å²) in [6.45, 7) is 13.1. The highest BCUT2D eigenvalue weighted by Gasteiger charge is 2.18. The molecule has 1 aliphatic rings. The molecule has 158 valence electrons. The molecule has 0 atom stereocenters. The first-order valence-corrected chi connectivity index (χ1v) is 11.3. The number of anilines is 2. The number of aryl methyl sites for hydroxylation is 1. The largest absolute Gasteiger partial charge is 0.354 e. The zero-order valence-electron chi connectivity index (χ0n) is 18.4. The van der Waals surface area contributed by atoms with Gasteiger partial charge in [0.1, 0.15) is 5.82 Å². The van der Waals surface area contributed by atoms with Gasteiger partial charge in [-0.25, -0.2) is 4.98 Å². The fourth-order valence-electron chi connectivity index (χ4n) is 3.83. The van der Waals surface area contributed by atoms with Gasteiger partial charge in [-0.2, -0.15) is 0 Å². The second kappa shape index (κ2) is 10.2. The van der Waals surface area contributed by atoms with Crippen LogP contribution in [-0.2, 0) is 0 Å². The smallest absolute Gasteiger partial charge is 0.173 e. The van der Waals surface area contributed by atoms with Gasteiger partial charge in [0.15, 0.2) is 5.11 Å². The molecule has 1 fully saturated rings. The third kappa shape index (κ3) is 5.58. The monoisotopic (exact) mass is 413 g/mol. The Hall–Kier alpha value is -1.92. The molecule has 29 heavy (non-hydrogen) atoms. The number of nitrogens with one attached hydrogen (secondary N) is 1. The molecule has 2 aromatic rings. The first kappa shape index (κ1) is 21.8. The number of aromatic nitrogens is 1. The van der Waals surface area contributed by atoms with Crippen molar-refractivity contribution in [3.8, 4) is 0 Å². The van der Waals surface area contributed by atoms with Crippen molar-refractivity contribution in [3.05, 3.63) is 29.8 Å². The second-order valence-electron chi connectivity index (χ2n) is 8.01. The van der Waals surface area contributed by atoms with Crippen LogP contribution in [0.2, 0.25) is 0 Å². The molecule has 2 heterocycles. The first-order valence-electron chi connectivity index (χ1n) is 10.9. The molecule has 3 rings (SSSR count). The van der Waals surface area contributed by atoms with Gasteiger partial charge in [-0.1, -0.05) is 26.7 Å². The zero-order chi connectivity index (χ0) is 20.8. The Balaban J connectivity index is 1.70. The van der Waals surface area contributed by atoms with E-state index < -0.39 is 0 Å². The Bertz CT molecular complexity index is 829. The van der Waals surface area contributed by atoms with Crippen molar-refractivity contribution in [1.82, 2.24) is 14.8 Å². The van der Waals surface area contributed by atoms with Crippen molar-refractivity contribution < 1.29 is 0 Å². The van der Waals surface area contributed by atoms with Crippen LogP contribution in [-0.4, -0.2) is 66.2 Å². The lowest BCUT2D eigenvalue weighted by Gasteiger charge is -2.35. The minimum atomic E-state index is 0.775. The highest BCUT2D eigenvalue weighted by Crippen LogP contribution is 2.26. The number of pyridine rings is 1. The van der Waals surface area contributed by atoms with E-state index in [1.165, 1.54) is 30.2 Å². The molecule has 1 N–H and O–H groups in total. The zero-order valence-corrected chi connectivity index (χ0v) is 19.2. The van der Waals surface area contributed by atoms with Crippen molar-refractivity contribution in [2.45, 2.75) is 40.0 Å². The predicted molar refractivity (Wildman–Crippen MR) is 129 cm³/mol. The number of piperazine rings is 1. The van der Waals surface area contributed by atoms with Crippen LogP contribution in [0.25, 0.3) is 10.9 Å². The number of fused-ring (bicyclic) bond motifs is 1. The average Bonchev–Trinajstić information content (AvgIpc) is 2.74. The van der Waals surface area contributed by atoms with Gasteiger partial charge < -0.3 is 20.0 Å². The number of nitrogens with zero attached hydrogens (tertiary/aromatic N) is 4. The molecule has 0 unspecified atom stereocenters. The van der Waals surface area contributed by atoms with E-state index in [0.29, 0.717) is 0 Å². The predicted octanol–water partition coefficient (Wildman–Crippen LogP) is 4.50. The van der Waals surface area contributed by atoms with Gasteiger partial charge in [-0.05, 0) is 61.9 Å². The summed E-state index contributed by atoms with van der Waals surface area (Å²) in [5.74, 6) is 1.10. The highest BCUT2D eigenvalue weighted by atomic mass is 32.1. The summed E-state index contributed by atoms with van der Waals surface area (Å²) in [6, 6.07) is 8.58. The fourth-order valence-corrected chi connectivity index (χ4v) is 4.04. The van der Waals surface area contributed by atoms with Crippen LogP contribution >= 0.6 is 12.2 Å². The molecule has 0 bridgehead atoms. The molecule has 0 amide bonds. The normalized spacial score (nSPS) is 15.0. The standard InChI is InChI=1S/C23H35N5S/c1-5-7-8-11-26(4)23(29)24-19-9-10-21-20(17-19)18(3)16-22(25-21)28-14-12-27(6-2)13-15-28/h9-10,16-17H,5-8,11-15H2,1-4H3,(H,24,29). The summed E-state index contributed by atoms with van der Waals surface area (Å²) >= 11 is 5.58. The number of benzene rings is 1. The van der Waals surface area contributed by atoms with Crippen LogP contribution in [0.1, 0.15) is 38.7 Å². The van der Waals surface area contributed by atoms with Crippen LogP contribution in [0.15, 0.2) is 24.3 Å². The van der Waals surface area contributed by atoms with Crippen molar-refractivity contribution in [3.63, 3.8) is 0 Å². The van der Waals surface area contributed by atoms with E-state index in [4.69, 9.17) is 17.2 Å². The van der Waals surface area contributed by atoms with Crippen molar-refractivity contribution in [1.29, 1.82) is 0 Å². The lowest BCUT2D eigenvalue weighted by Crippen LogP contribution is -2.46. The maximum atomic E-state index is 5.58. The second-order valence-corrected chi connectivity index (χ2v) is 8.40. The van der Waals surface area contributed by atoms with Crippen LogP contribution < -0.4 is 10.2 Å². The third-order valence-electron chi connectivity index (χ3n) is 5.84. The molecule has 1 aromatic heterocycles. The summed E-state index contributed by atoms with van der Waals surface area (Å²) in [5, 5.41) is 5.35. The van der Waals surface area contributed by atoms with E-state index >= 15 is 0 Å². The molecule has 0 aliphatic carbocycles. The molecular weight excluding hydrogens is 378 g/mol. The maximum Gasteiger partial charge on any atom is 0.173 e. The molecule has 0 radical (unpaired) electrons. The highest BCUT2D eigenvalue weighted by molar-refractivity contribution is 7.80. The first-order chi connectivity index (χ1) is 14.0. The van der Waals surface area contributed by atoms with Gasteiger partial charge in [-0.3, -0.25) is 0 Å². The summed E-state index contributed by atoms with van der Waals surface area (Å²) in [6.07, 6.45) is 3.63. The Labute approximate surface area is 181 Å². The van der Waals surface area contributed by atoms with E-state index in [9.17, 15) is 0 Å². The summed E-state index contributed by atoms with van der Waals surface area (Å²) in [7, 11) is 2.06. The molecule has 1 saturated heterocycles. The van der Waals surface area contributed by atoms with E-state index in [2.05, 4.69) is 72.1 Å². The van der Waals surface area contributed by atoms with E-state index in [0.717, 1.165) is 61.4 Å². The van der Waals surface area contributed by atoms with Crippen LogP contribution in [0, 0.1) is 6.92 Å². The number of thiocarbonyl (C=S) groups is 1. The van der Waals surface area contributed by atoms with Crippen molar-refractivity contribution >= 4 is 39.7 Å². The Kier molecular flexibility index (Phi) is 7.67. The number of hydrogen-bond donors (Lipinski definition) is 1. The van der Waals surface area contributed by atoms with E-state index in [1.807, 2.05) is 0 Å². The minimum Gasteiger partial charge on any atom is -0.354 e. The third-order valence-corrected chi connectivity index (χ3v) is 6.25. The Morgan fingerprint density at radius 2 is 1.90 bits per heavy atom. The molecular formula is C23H35N5S. The SMILES string of the molecule is CCCCCN(C)C(=S)Nc1ccc2nc(N3CCN(CC)CC3)cc(C)c2c1. The molecule has 1 aliphatic heterocycles.